The molecule has 2 bridgehead atoms. The van der Waals surface area contributed by atoms with Crippen LogP contribution in [0.4, 0.5) is 0 Å². The first-order valence-electron chi connectivity index (χ1n) is 11.5. The summed E-state index contributed by atoms with van der Waals surface area (Å²) in [7, 11) is 0. The SMILES string of the molecule is Cc1c(C2CC3CCC2CC3)sc2[nH]c(-c3cc(C)c4ncnn4c3)c(C(C)C)c12. The van der Waals surface area contributed by atoms with Crippen LogP contribution in [0, 0.1) is 25.7 Å². The molecule has 156 valence electrons. The maximum absolute atomic E-state index is 4.39. The Morgan fingerprint density at radius 1 is 1.17 bits per heavy atom. The van der Waals surface area contributed by atoms with Gasteiger partial charge in [-0.15, -0.1) is 11.3 Å². The van der Waals surface area contributed by atoms with Crippen molar-refractivity contribution in [1.29, 1.82) is 0 Å². The lowest BCUT2D eigenvalue weighted by Crippen LogP contribution is -2.29. The Bertz CT molecular complexity index is 1250. The first-order chi connectivity index (χ1) is 14.5. The van der Waals surface area contributed by atoms with Crippen LogP contribution in [-0.2, 0) is 0 Å². The first-order valence-corrected chi connectivity index (χ1v) is 12.3. The van der Waals surface area contributed by atoms with Gasteiger partial charge in [-0.3, -0.25) is 0 Å². The highest BCUT2D eigenvalue weighted by molar-refractivity contribution is 7.19. The molecule has 3 aliphatic rings. The van der Waals surface area contributed by atoms with Crippen LogP contribution in [0.3, 0.4) is 0 Å². The second kappa shape index (κ2) is 6.68. The normalized spacial score (nSPS) is 24.0. The molecule has 3 fully saturated rings. The average molecular weight is 419 g/mol. The molecule has 5 heteroatoms. The zero-order valence-electron chi connectivity index (χ0n) is 18.3. The zero-order valence-corrected chi connectivity index (χ0v) is 19.1. The van der Waals surface area contributed by atoms with Gasteiger partial charge in [0.2, 0.25) is 0 Å². The molecule has 1 unspecified atom stereocenters. The summed E-state index contributed by atoms with van der Waals surface area (Å²) in [5.41, 5.74) is 7.56. The van der Waals surface area contributed by atoms with Gasteiger partial charge < -0.3 is 4.98 Å². The smallest absolute Gasteiger partial charge is 0.158 e. The number of hydrogen-bond acceptors (Lipinski definition) is 3. The molecule has 0 aromatic carbocycles. The third-order valence-electron chi connectivity index (χ3n) is 7.77. The Labute approximate surface area is 181 Å². The molecule has 4 nitrogen and oxygen atoms in total. The monoisotopic (exact) mass is 418 g/mol. The van der Waals surface area contributed by atoms with Gasteiger partial charge >= 0.3 is 0 Å². The Hall–Kier alpha value is -2.14. The van der Waals surface area contributed by atoms with E-state index in [9.17, 15) is 0 Å². The molecule has 30 heavy (non-hydrogen) atoms. The fraction of sp³-hybridized carbons (Fsp3) is 0.520. The summed E-state index contributed by atoms with van der Waals surface area (Å²) >= 11 is 2.04. The number of aromatic nitrogens is 4. The van der Waals surface area contributed by atoms with Gasteiger partial charge in [0, 0.05) is 22.0 Å². The molecule has 0 amide bonds. The minimum Gasteiger partial charge on any atom is -0.346 e. The second-order valence-electron chi connectivity index (χ2n) is 9.93. The highest BCUT2D eigenvalue weighted by Crippen LogP contribution is 2.54. The lowest BCUT2D eigenvalue weighted by molar-refractivity contribution is 0.146. The molecule has 1 N–H and O–H groups in total. The number of aryl methyl sites for hydroxylation is 2. The summed E-state index contributed by atoms with van der Waals surface area (Å²) in [6, 6.07) is 2.25. The Morgan fingerprint density at radius 3 is 2.67 bits per heavy atom. The van der Waals surface area contributed by atoms with Gasteiger partial charge in [-0.2, -0.15) is 5.10 Å². The maximum atomic E-state index is 4.39. The third-order valence-corrected chi connectivity index (χ3v) is 9.11. The quantitative estimate of drug-likeness (QED) is 0.390. The largest absolute Gasteiger partial charge is 0.346 e. The minimum atomic E-state index is 0.462. The van der Waals surface area contributed by atoms with Crippen LogP contribution < -0.4 is 0 Å². The van der Waals surface area contributed by atoms with Gasteiger partial charge in [-0.05, 0) is 79.5 Å². The van der Waals surface area contributed by atoms with Crippen LogP contribution in [0.25, 0.3) is 27.1 Å². The van der Waals surface area contributed by atoms with E-state index in [-0.39, 0.29) is 0 Å². The van der Waals surface area contributed by atoms with Gasteiger partial charge in [0.1, 0.15) is 11.2 Å². The summed E-state index contributed by atoms with van der Waals surface area (Å²) in [5.74, 6) is 3.14. The maximum Gasteiger partial charge on any atom is 0.158 e. The number of thiophene rings is 1. The van der Waals surface area contributed by atoms with Gasteiger partial charge in [-0.25, -0.2) is 9.50 Å². The van der Waals surface area contributed by atoms with E-state index in [1.54, 1.807) is 11.2 Å². The summed E-state index contributed by atoms with van der Waals surface area (Å²) < 4.78 is 1.90. The van der Waals surface area contributed by atoms with Crippen molar-refractivity contribution in [2.75, 3.05) is 0 Å². The lowest BCUT2D eigenvalue weighted by Gasteiger charge is -2.42. The lowest BCUT2D eigenvalue weighted by atomic mass is 9.64. The Morgan fingerprint density at radius 2 is 1.97 bits per heavy atom. The molecular weight excluding hydrogens is 388 g/mol. The van der Waals surface area contributed by atoms with Crippen molar-refractivity contribution in [2.24, 2.45) is 11.8 Å². The van der Waals surface area contributed by atoms with Crippen molar-refractivity contribution in [3.63, 3.8) is 0 Å². The molecule has 0 aliphatic heterocycles. The summed E-state index contributed by atoms with van der Waals surface area (Å²) in [6.07, 6.45) is 11.0. The number of hydrogen-bond donors (Lipinski definition) is 1. The van der Waals surface area contributed by atoms with Crippen molar-refractivity contribution in [3.8, 4) is 11.3 Å². The average Bonchev–Trinajstić information content (AvgIpc) is 3.43. The Balaban J connectivity index is 1.52. The predicted molar refractivity (Wildman–Crippen MR) is 125 cm³/mol. The van der Waals surface area contributed by atoms with Crippen molar-refractivity contribution in [2.45, 2.75) is 71.6 Å². The fourth-order valence-electron chi connectivity index (χ4n) is 6.34. The van der Waals surface area contributed by atoms with Crippen LogP contribution in [0.5, 0.6) is 0 Å². The molecule has 4 aromatic heterocycles. The number of aromatic amines is 1. The third kappa shape index (κ3) is 2.64. The van der Waals surface area contributed by atoms with E-state index >= 15 is 0 Å². The van der Waals surface area contributed by atoms with Crippen molar-refractivity contribution >= 4 is 27.2 Å². The molecule has 0 spiro atoms. The highest BCUT2D eigenvalue weighted by atomic mass is 32.1. The Kier molecular flexibility index (Phi) is 4.14. The molecule has 4 aromatic rings. The van der Waals surface area contributed by atoms with E-state index in [0.717, 1.165) is 29.0 Å². The number of fused-ring (bicyclic) bond motifs is 5. The minimum absolute atomic E-state index is 0.462. The van der Waals surface area contributed by atoms with Crippen molar-refractivity contribution in [3.05, 3.63) is 40.2 Å². The van der Waals surface area contributed by atoms with Crippen LogP contribution >= 0.6 is 11.3 Å². The van der Waals surface area contributed by atoms with Crippen LogP contribution in [0.2, 0.25) is 0 Å². The summed E-state index contributed by atoms with van der Waals surface area (Å²) in [4.78, 5) is 11.3. The number of nitrogens with zero attached hydrogens (tertiary/aromatic N) is 3. The zero-order chi connectivity index (χ0) is 20.6. The topological polar surface area (TPSA) is 46.0 Å². The number of nitrogens with one attached hydrogen (secondary N) is 1. The van der Waals surface area contributed by atoms with E-state index in [0.29, 0.717) is 5.92 Å². The van der Waals surface area contributed by atoms with E-state index in [1.165, 1.54) is 64.7 Å². The molecule has 3 saturated carbocycles. The molecule has 7 rings (SSSR count). The van der Waals surface area contributed by atoms with Crippen LogP contribution in [-0.4, -0.2) is 19.6 Å². The molecule has 3 aliphatic carbocycles. The van der Waals surface area contributed by atoms with E-state index in [4.69, 9.17) is 0 Å². The van der Waals surface area contributed by atoms with Gasteiger partial charge in [0.05, 0.1) is 5.69 Å². The first kappa shape index (κ1) is 18.6. The van der Waals surface area contributed by atoms with Gasteiger partial charge in [-0.1, -0.05) is 26.7 Å². The second-order valence-corrected chi connectivity index (χ2v) is 11.0. The predicted octanol–water partition coefficient (Wildman–Crippen LogP) is 6.97. The summed E-state index contributed by atoms with van der Waals surface area (Å²) in [6.45, 7) is 9.15. The molecule has 0 saturated heterocycles. The van der Waals surface area contributed by atoms with Crippen molar-refractivity contribution in [1.82, 2.24) is 19.6 Å². The number of rotatable bonds is 3. The fourth-order valence-corrected chi connectivity index (χ4v) is 7.77. The molecule has 1 atom stereocenters. The van der Waals surface area contributed by atoms with E-state index in [2.05, 4.69) is 55.0 Å². The van der Waals surface area contributed by atoms with Crippen LogP contribution in [0.1, 0.15) is 79.4 Å². The standard InChI is InChI=1S/C25H30N4S/c1-13(2)20-21-15(4)23(19-10-16-5-7-17(19)8-6-16)30-25(21)28-22(20)18-9-14(3)24-26-12-27-29(24)11-18/h9,11-13,16-17,19,28H,5-8,10H2,1-4H3. The van der Waals surface area contributed by atoms with Gasteiger partial charge in [0.15, 0.2) is 5.65 Å². The highest BCUT2D eigenvalue weighted by Gasteiger charge is 2.38. The molecule has 4 heterocycles. The van der Waals surface area contributed by atoms with E-state index < -0.39 is 0 Å². The van der Waals surface area contributed by atoms with Gasteiger partial charge in [0.25, 0.3) is 0 Å². The molecule has 0 radical (unpaired) electrons. The summed E-state index contributed by atoms with van der Waals surface area (Å²) in [5, 5.41) is 5.87. The van der Waals surface area contributed by atoms with Crippen molar-refractivity contribution < 1.29 is 0 Å². The van der Waals surface area contributed by atoms with Crippen LogP contribution in [0.15, 0.2) is 18.6 Å². The van der Waals surface area contributed by atoms with E-state index in [1.807, 2.05) is 15.9 Å². The number of pyridine rings is 1. The number of H-pyrrole nitrogens is 1. The molecular formula is C25H30N4S.